The molecule has 0 aliphatic carbocycles. The van der Waals surface area contributed by atoms with Gasteiger partial charge in [0.25, 0.3) is 0 Å². The minimum atomic E-state index is -3.56. The van der Waals surface area contributed by atoms with Crippen molar-refractivity contribution in [1.82, 2.24) is 14.5 Å². The van der Waals surface area contributed by atoms with Gasteiger partial charge in [-0.15, -0.1) is 0 Å². The Kier molecular flexibility index (Phi) is 5.05. The maximum Gasteiger partial charge on any atom is 0.244 e. The molecule has 1 aliphatic rings. The van der Waals surface area contributed by atoms with E-state index in [0.717, 1.165) is 19.6 Å². The molecule has 0 aromatic carbocycles. The van der Waals surface area contributed by atoms with Gasteiger partial charge in [0.15, 0.2) is 0 Å². The predicted molar refractivity (Wildman–Crippen MR) is 80.4 cm³/mol. The molecule has 8 heteroatoms. The van der Waals surface area contributed by atoms with Gasteiger partial charge in [-0.05, 0) is 21.0 Å². The molecule has 1 aliphatic heterocycles. The molecular formula is C13H24N4O3S. The smallest absolute Gasteiger partial charge is 0.244 e. The van der Waals surface area contributed by atoms with Crippen LogP contribution in [0.2, 0.25) is 0 Å². The third-order valence-electron chi connectivity index (χ3n) is 3.90. The van der Waals surface area contributed by atoms with Gasteiger partial charge in [-0.2, -0.15) is 0 Å². The average Bonchev–Trinajstić information content (AvgIpc) is 2.82. The van der Waals surface area contributed by atoms with E-state index in [1.165, 1.54) is 6.07 Å². The molecule has 0 saturated carbocycles. The van der Waals surface area contributed by atoms with Gasteiger partial charge in [-0.3, -0.25) is 4.90 Å². The molecule has 2 heterocycles. The topological polar surface area (TPSA) is 91.8 Å². The van der Waals surface area contributed by atoms with Crippen molar-refractivity contribution in [1.29, 1.82) is 0 Å². The highest BCUT2D eigenvalue weighted by Crippen LogP contribution is 2.19. The second-order valence-electron chi connectivity index (χ2n) is 5.59. The summed E-state index contributed by atoms with van der Waals surface area (Å²) in [6, 6.07) is 1.66. The predicted octanol–water partition coefficient (Wildman–Crippen LogP) is -0.429. The SMILES string of the molecule is Cc1oc(CN)cc1S(=O)(=O)NCC1CN(C)CCN1C. The fourth-order valence-electron chi connectivity index (χ4n) is 2.50. The maximum atomic E-state index is 12.4. The molecule has 1 unspecified atom stereocenters. The zero-order valence-electron chi connectivity index (χ0n) is 12.8. The number of nitrogens with zero attached hydrogens (tertiary/aromatic N) is 2. The Labute approximate surface area is 126 Å². The summed E-state index contributed by atoms with van der Waals surface area (Å²) in [7, 11) is 0.494. The maximum absolute atomic E-state index is 12.4. The summed E-state index contributed by atoms with van der Waals surface area (Å²) in [6.07, 6.45) is 0. The molecule has 0 spiro atoms. The van der Waals surface area contributed by atoms with Crippen molar-refractivity contribution < 1.29 is 12.8 Å². The van der Waals surface area contributed by atoms with Crippen LogP contribution in [0.25, 0.3) is 0 Å². The Morgan fingerprint density at radius 3 is 2.76 bits per heavy atom. The zero-order chi connectivity index (χ0) is 15.6. The van der Waals surface area contributed by atoms with Gasteiger partial charge in [0.1, 0.15) is 16.4 Å². The van der Waals surface area contributed by atoms with Crippen LogP contribution < -0.4 is 10.5 Å². The van der Waals surface area contributed by atoms with Crippen molar-refractivity contribution in [2.45, 2.75) is 24.4 Å². The van der Waals surface area contributed by atoms with Gasteiger partial charge < -0.3 is 15.1 Å². The number of nitrogens with one attached hydrogen (secondary N) is 1. The van der Waals surface area contributed by atoms with Gasteiger partial charge >= 0.3 is 0 Å². The van der Waals surface area contributed by atoms with Crippen molar-refractivity contribution >= 4 is 10.0 Å². The molecule has 0 amide bonds. The Bertz CT molecular complexity index is 584. The Balaban J connectivity index is 2.05. The van der Waals surface area contributed by atoms with Crippen LogP contribution in [0.5, 0.6) is 0 Å². The first kappa shape index (κ1) is 16.4. The number of piperazine rings is 1. The number of hydrogen-bond donors (Lipinski definition) is 2. The van der Waals surface area contributed by atoms with E-state index in [2.05, 4.69) is 14.5 Å². The average molecular weight is 316 g/mol. The molecule has 1 fully saturated rings. The molecule has 0 radical (unpaired) electrons. The molecule has 7 nitrogen and oxygen atoms in total. The fourth-order valence-corrected chi connectivity index (χ4v) is 3.77. The molecular weight excluding hydrogens is 292 g/mol. The summed E-state index contributed by atoms with van der Waals surface area (Å²) in [6.45, 7) is 4.98. The first-order valence-electron chi connectivity index (χ1n) is 7.01. The third-order valence-corrected chi connectivity index (χ3v) is 5.43. The fraction of sp³-hybridized carbons (Fsp3) is 0.692. The van der Waals surface area contributed by atoms with Crippen LogP contribution in [0.1, 0.15) is 11.5 Å². The number of aryl methyl sites for hydroxylation is 1. The number of likely N-dealkylation sites (N-methyl/N-ethyl adjacent to an activating group) is 2. The van der Waals surface area contributed by atoms with E-state index in [0.29, 0.717) is 18.1 Å². The van der Waals surface area contributed by atoms with Gasteiger partial charge in [0.05, 0.1) is 6.54 Å². The van der Waals surface area contributed by atoms with Crippen LogP contribution in [0.3, 0.4) is 0 Å². The van der Waals surface area contributed by atoms with E-state index < -0.39 is 10.0 Å². The second-order valence-corrected chi connectivity index (χ2v) is 7.32. The van der Waals surface area contributed by atoms with Crippen LogP contribution in [0, 0.1) is 6.92 Å². The summed E-state index contributed by atoms with van der Waals surface area (Å²) in [5, 5.41) is 0. The minimum Gasteiger partial charge on any atom is -0.464 e. The summed E-state index contributed by atoms with van der Waals surface area (Å²) < 4.78 is 32.7. The third kappa shape index (κ3) is 3.83. The lowest BCUT2D eigenvalue weighted by Crippen LogP contribution is -2.54. The molecule has 1 aromatic rings. The number of nitrogens with two attached hydrogens (primary N) is 1. The van der Waals surface area contributed by atoms with Crippen LogP contribution in [0.15, 0.2) is 15.4 Å². The highest BCUT2D eigenvalue weighted by Gasteiger charge is 2.26. The summed E-state index contributed by atoms with van der Waals surface area (Å²) >= 11 is 0. The summed E-state index contributed by atoms with van der Waals surface area (Å²) in [5.74, 6) is 0.847. The van der Waals surface area contributed by atoms with E-state index in [-0.39, 0.29) is 17.5 Å². The lowest BCUT2D eigenvalue weighted by atomic mass is 10.2. The molecule has 120 valence electrons. The van der Waals surface area contributed by atoms with Crippen molar-refractivity contribution in [2.24, 2.45) is 5.73 Å². The van der Waals surface area contributed by atoms with Crippen LogP contribution in [-0.4, -0.2) is 64.5 Å². The number of hydrogen-bond acceptors (Lipinski definition) is 6. The summed E-state index contributed by atoms with van der Waals surface area (Å²) in [5.41, 5.74) is 5.48. The Morgan fingerprint density at radius 2 is 2.14 bits per heavy atom. The first-order valence-corrected chi connectivity index (χ1v) is 8.49. The molecule has 21 heavy (non-hydrogen) atoms. The Morgan fingerprint density at radius 1 is 1.43 bits per heavy atom. The highest BCUT2D eigenvalue weighted by atomic mass is 32.2. The van der Waals surface area contributed by atoms with Gasteiger partial charge in [0, 0.05) is 38.3 Å². The first-order chi connectivity index (χ1) is 9.83. The second kappa shape index (κ2) is 6.45. The van der Waals surface area contributed by atoms with Crippen molar-refractivity contribution in [2.75, 3.05) is 40.3 Å². The normalized spacial score (nSPS) is 21.8. The number of furan rings is 1. The highest BCUT2D eigenvalue weighted by molar-refractivity contribution is 7.89. The summed E-state index contributed by atoms with van der Waals surface area (Å²) in [4.78, 5) is 4.56. The standard InChI is InChI=1S/C13H24N4O3S/c1-10-13(6-12(7-14)20-10)21(18,19)15-8-11-9-16(2)4-5-17(11)3/h6,11,15H,4-5,7-9,14H2,1-3H3. The van der Waals surface area contributed by atoms with Crippen LogP contribution in [-0.2, 0) is 16.6 Å². The molecule has 3 N–H and O–H groups in total. The molecule has 1 saturated heterocycles. The van der Waals surface area contributed by atoms with Crippen LogP contribution >= 0.6 is 0 Å². The zero-order valence-corrected chi connectivity index (χ0v) is 13.6. The minimum absolute atomic E-state index is 0.166. The van der Waals surface area contributed by atoms with Gasteiger partial charge in [-0.1, -0.05) is 0 Å². The van der Waals surface area contributed by atoms with E-state index >= 15 is 0 Å². The lowest BCUT2D eigenvalue weighted by Gasteiger charge is -2.37. The van der Waals surface area contributed by atoms with Crippen molar-refractivity contribution in [3.05, 3.63) is 17.6 Å². The van der Waals surface area contributed by atoms with Crippen LogP contribution in [0.4, 0.5) is 0 Å². The van der Waals surface area contributed by atoms with Gasteiger partial charge in [-0.25, -0.2) is 13.1 Å². The largest absolute Gasteiger partial charge is 0.464 e. The molecule has 1 aromatic heterocycles. The Hall–Kier alpha value is -0.930. The van der Waals surface area contributed by atoms with E-state index in [4.69, 9.17) is 10.2 Å². The molecule has 2 rings (SSSR count). The number of rotatable bonds is 5. The van der Waals surface area contributed by atoms with Gasteiger partial charge in [0.2, 0.25) is 10.0 Å². The molecule has 1 atom stereocenters. The quantitative estimate of drug-likeness (QED) is 0.766. The van der Waals surface area contributed by atoms with E-state index in [9.17, 15) is 8.42 Å². The monoisotopic (exact) mass is 316 g/mol. The van der Waals surface area contributed by atoms with Crippen molar-refractivity contribution in [3.8, 4) is 0 Å². The number of sulfonamides is 1. The van der Waals surface area contributed by atoms with Crippen molar-refractivity contribution in [3.63, 3.8) is 0 Å². The van der Waals surface area contributed by atoms with E-state index in [1.54, 1.807) is 6.92 Å². The van der Waals surface area contributed by atoms with E-state index in [1.807, 2.05) is 14.1 Å². The lowest BCUT2D eigenvalue weighted by molar-refractivity contribution is 0.117. The molecule has 0 bridgehead atoms.